The molecule has 0 heterocycles. The van der Waals surface area contributed by atoms with Crippen molar-refractivity contribution >= 4 is 0 Å². The van der Waals surface area contributed by atoms with E-state index >= 15 is 0 Å². The van der Waals surface area contributed by atoms with Crippen LogP contribution in [0, 0.1) is 5.92 Å². The summed E-state index contributed by atoms with van der Waals surface area (Å²) < 4.78 is 26.5. The molecule has 0 bridgehead atoms. The van der Waals surface area contributed by atoms with Crippen molar-refractivity contribution in [2.45, 2.75) is 69.9 Å². The second kappa shape index (κ2) is 6.48. The van der Waals surface area contributed by atoms with E-state index in [0.29, 0.717) is 25.9 Å². The quantitative estimate of drug-likeness (QED) is 0.863. The van der Waals surface area contributed by atoms with Gasteiger partial charge in [-0.3, -0.25) is 0 Å². The van der Waals surface area contributed by atoms with Gasteiger partial charge in [0.05, 0.1) is 5.60 Å². The van der Waals surface area contributed by atoms with Gasteiger partial charge in [-0.1, -0.05) is 18.2 Å². The fourth-order valence-electron chi connectivity index (χ4n) is 4.00. The summed E-state index contributed by atoms with van der Waals surface area (Å²) in [6.45, 7) is 2.93. The molecule has 1 unspecified atom stereocenters. The molecule has 0 radical (unpaired) electrons. The number of aliphatic hydroxyl groups is 1. The maximum absolute atomic E-state index is 13.3. The maximum Gasteiger partial charge on any atom is 0.248 e. The first kappa shape index (κ1) is 16.8. The summed E-state index contributed by atoms with van der Waals surface area (Å²) in [5, 5.41) is 13.9. The van der Waals surface area contributed by atoms with Crippen LogP contribution in [0.1, 0.15) is 55.7 Å². The molecule has 0 spiro atoms. The minimum absolute atomic E-state index is 0.0466. The first-order valence-corrected chi connectivity index (χ1v) is 8.77. The summed E-state index contributed by atoms with van der Waals surface area (Å²) in [5.41, 5.74) is 3.22. The molecule has 2 N–H and O–H groups in total. The predicted molar refractivity (Wildman–Crippen MR) is 87.7 cm³/mol. The van der Waals surface area contributed by atoms with Crippen LogP contribution in [-0.4, -0.2) is 23.2 Å². The van der Waals surface area contributed by atoms with Crippen molar-refractivity contribution in [3.05, 3.63) is 34.9 Å². The van der Waals surface area contributed by atoms with Crippen molar-refractivity contribution in [2.24, 2.45) is 5.92 Å². The van der Waals surface area contributed by atoms with Gasteiger partial charge in [-0.15, -0.1) is 0 Å². The SMILES string of the molecule is CC(O)(CNCc1ccc2c(c1)CCC2)C1CCC(F)(F)CC1. The highest BCUT2D eigenvalue weighted by Crippen LogP contribution is 2.40. The molecule has 0 amide bonds. The number of hydrogen-bond donors (Lipinski definition) is 2. The Hall–Kier alpha value is -1.00. The third kappa shape index (κ3) is 4.10. The highest BCUT2D eigenvalue weighted by Gasteiger charge is 2.41. The van der Waals surface area contributed by atoms with Gasteiger partial charge in [0.1, 0.15) is 0 Å². The second-order valence-electron chi connectivity index (χ2n) is 7.55. The van der Waals surface area contributed by atoms with Gasteiger partial charge in [0.15, 0.2) is 0 Å². The molecule has 2 nitrogen and oxygen atoms in total. The molecule has 1 atom stereocenters. The maximum atomic E-state index is 13.3. The Kier molecular flexibility index (Phi) is 4.75. The number of fused-ring (bicyclic) bond motifs is 1. The van der Waals surface area contributed by atoms with Gasteiger partial charge in [-0.25, -0.2) is 8.78 Å². The summed E-state index contributed by atoms with van der Waals surface area (Å²) in [7, 11) is 0. The molecule has 3 rings (SSSR count). The lowest BCUT2D eigenvalue weighted by atomic mass is 9.76. The van der Waals surface area contributed by atoms with Crippen molar-refractivity contribution in [3.63, 3.8) is 0 Å². The van der Waals surface area contributed by atoms with Crippen LogP contribution in [0.3, 0.4) is 0 Å². The van der Waals surface area contributed by atoms with Crippen molar-refractivity contribution < 1.29 is 13.9 Å². The number of alkyl halides is 2. The van der Waals surface area contributed by atoms with Crippen molar-refractivity contribution in [3.8, 4) is 0 Å². The van der Waals surface area contributed by atoms with E-state index in [1.165, 1.54) is 29.5 Å². The molecule has 2 aliphatic carbocycles. The van der Waals surface area contributed by atoms with Gasteiger partial charge in [-0.2, -0.15) is 0 Å². The molecule has 0 saturated heterocycles. The number of hydrogen-bond acceptors (Lipinski definition) is 2. The molecule has 0 aromatic heterocycles. The van der Waals surface area contributed by atoms with E-state index in [4.69, 9.17) is 0 Å². The average Bonchev–Trinajstić information content (AvgIpc) is 2.94. The Labute approximate surface area is 137 Å². The summed E-state index contributed by atoms with van der Waals surface area (Å²) in [5.74, 6) is -2.58. The van der Waals surface area contributed by atoms with E-state index in [9.17, 15) is 13.9 Å². The molecular formula is C19H27F2NO. The smallest absolute Gasteiger partial charge is 0.248 e. The van der Waals surface area contributed by atoms with Crippen LogP contribution in [-0.2, 0) is 19.4 Å². The summed E-state index contributed by atoms with van der Waals surface area (Å²) >= 11 is 0. The highest BCUT2D eigenvalue weighted by atomic mass is 19.3. The van der Waals surface area contributed by atoms with Gasteiger partial charge < -0.3 is 10.4 Å². The number of aryl methyl sites for hydroxylation is 2. The van der Waals surface area contributed by atoms with Crippen molar-refractivity contribution in [1.82, 2.24) is 5.32 Å². The lowest BCUT2D eigenvalue weighted by molar-refractivity contribution is -0.0868. The van der Waals surface area contributed by atoms with Crippen LogP contribution in [0.4, 0.5) is 8.78 Å². The molecule has 1 fully saturated rings. The Bertz CT molecular complexity index is 546. The summed E-state index contributed by atoms with van der Waals surface area (Å²) in [6.07, 6.45) is 4.20. The van der Waals surface area contributed by atoms with E-state index in [1.54, 1.807) is 6.92 Å². The molecular weight excluding hydrogens is 296 g/mol. The minimum Gasteiger partial charge on any atom is -0.389 e. The van der Waals surface area contributed by atoms with E-state index in [-0.39, 0.29) is 18.8 Å². The Balaban J connectivity index is 1.49. The fraction of sp³-hybridized carbons (Fsp3) is 0.684. The molecule has 2 aliphatic rings. The van der Waals surface area contributed by atoms with Crippen LogP contribution in [0.5, 0.6) is 0 Å². The van der Waals surface area contributed by atoms with E-state index < -0.39 is 11.5 Å². The van der Waals surface area contributed by atoms with Crippen molar-refractivity contribution in [2.75, 3.05) is 6.54 Å². The van der Waals surface area contributed by atoms with Crippen LogP contribution in [0.15, 0.2) is 18.2 Å². The van der Waals surface area contributed by atoms with Gasteiger partial charge >= 0.3 is 0 Å². The molecule has 0 aliphatic heterocycles. The standard InChI is InChI=1S/C19H27F2NO/c1-18(23,17-7-9-19(20,21)10-8-17)13-22-12-14-5-6-15-3-2-4-16(15)11-14/h5-6,11,17,22-23H,2-4,7-10,12-13H2,1H3. The Morgan fingerprint density at radius 1 is 1.22 bits per heavy atom. The molecule has 23 heavy (non-hydrogen) atoms. The lowest BCUT2D eigenvalue weighted by Gasteiger charge is -2.38. The summed E-state index contributed by atoms with van der Waals surface area (Å²) in [4.78, 5) is 0. The second-order valence-corrected chi connectivity index (χ2v) is 7.55. The summed E-state index contributed by atoms with van der Waals surface area (Å²) in [6, 6.07) is 6.61. The topological polar surface area (TPSA) is 32.3 Å². The first-order valence-electron chi connectivity index (χ1n) is 8.77. The molecule has 1 aromatic carbocycles. The highest BCUT2D eigenvalue weighted by molar-refractivity contribution is 5.35. The normalized spacial score (nSPS) is 23.5. The molecule has 4 heteroatoms. The largest absolute Gasteiger partial charge is 0.389 e. The number of rotatable bonds is 5. The fourth-order valence-corrected chi connectivity index (χ4v) is 4.00. The van der Waals surface area contributed by atoms with Crippen LogP contribution >= 0.6 is 0 Å². The predicted octanol–water partition coefficient (Wildman–Crippen LogP) is 3.84. The van der Waals surface area contributed by atoms with Crippen LogP contribution in [0.2, 0.25) is 0 Å². The Morgan fingerprint density at radius 3 is 2.65 bits per heavy atom. The van der Waals surface area contributed by atoms with E-state index in [0.717, 1.165) is 6.42 Å². The zero-order valence-electron chi connectivity index (χ0n) is 13.9. The number of halogens is 2. The van der Waals surface area contributed by atoms with Crippen LogP contribution < -0.4 is 5.32 Å². The first-order chi connectivity index (χ1) is 10.9. The van der Waals surface area contributed by atoms with Crippen LogP contribution in [0.25, 0.3) is 0 Å². The number of benzene rings is 1. The van der Waals surface area contributed by atoms with E-state index in [1.807, 2.05) is 0 Å². The zero-order chi connectivity index (χ0) is 16.5. The lowest BCUT2D eigenvalue weighted by Crippen LogP contribution is -2.46. The third-order valence-corrected chi connectivity index (χ3v) is 5.57. The Morgan fingerprint density at radius 2 is 1.91 bits per heavy atom. The number of nitrogens with one attached hydrogen (secondary N) is 1. The molecule has 1 aromatic rings. The molecule has 1 saturated carbocycles. The van der Waals surface area contributed by atoms with Gasteiger partial charge in [0.25, 0.3) is 0 Å². The van der Waals surface area contributed by atoms with Crippen molar-refractivity contribution in [1.29, 1.82) is 0 Å². The van der Waals surface area contributed by atoms with Gasteiger partial charge in [0, 0.05) is 25.9 Å². The zero-order valence-corrected chi connectivity index (χ0v) is 13.9. The monoisotopic (exact) mass is 323 g/mol. The van der Waals surface area contributed by atoms with Gasteiger partial charge in [-0.05, 0) is 61.6 Å². The molecule has 128 valence electrons. The third-order valence-electron chi connectivity index (χ3n) is 5.57. The van der Waals surface area contributed by atoms with E-state index in [2.05, 4.69) is 23.5 Å². The van der Waals surface area contributed by atoms with Gasteiger partial charge in [0.2, 0.25) is 5.92 Å². The minimum atomic E-state index is -2.54. The average molecular weight is 323 g/mol.